The maximum Gasteiger partial charge on any atom is 0.227 e. The molecule has 0 unspecified atom stereocenters. The van der Waals surface area contributed by atoms with Crippen LogP contribution in [0, 0.1) is 11.2 Å². The molecule has 0 saturated carbocycles. The van der Waals surface area contributed by atoms with Gasteiger partial charge >= 0.3 is 0 Å². The average molecular weight is 458 g/mol. The fraction of sp³-hybridized carbons (Fsp3) is 0.542. The van der Waals surface area contributed by atoms with Crippen LogP contribution in [-0.2, 0) is 4.74 Å². The molecule has 0 spiro atoms. The van der Waals surface area contributed by atoms with Crippen LogP contribution >= 0.6 is 0 Å². The van der Waals surface area contributed by atoms with Gasteiger partial charge in [-0.2, -0.15) is 4.98 Å². The van der Waals surface area contributed by atoms with E-state index in [-0.39, 0.29) is 5.82 Å². The molecular formula is C24H36FN7O. The number of halogens is 1. The minimum Gasteiger partial charge on any atom is -0.380 e. The van der Waals surface area contributed by atoms with E-state index >= 15 is 0 Å². The number of piperidine rings is 1. The number of nitrogens with zero attached hydrogens (tertiary/aromatic N) is 4. The van der Waals surface area contributed by atoms with Gasteiger partial charge in [-0.15, -0.1) is 0 Å². The molecule has 1 aromatic heterocycles. The van der Waals surface area contributed by atoms with E-state index in [1.54, 1.807) is 12.1 Å². The molecule has 1 saturated heterocycles. The largest absolute Gasteiger partial charge is 0.380 e. The fourth-order valence-electron chi connectivity index (χ4n) is 3.72. The van der Waals surface area contributed by atoms with E-state index in [2.05, 4.69) is 15.5 Å². The van der Waals surface area contributed by atoms with Crippen molar-refractivity contribution in [3.63, 3.8) is 0 Å². The summed E-state index contributed by atoms with van der Waals surface area (Å²) in [4.78, 5) is 13.8. The van der Waals surface area contributed by atoms with E-state index in [0.29, 0.717) is 60.8 Å². The predicted octanol–water partition coefficient (Wildman–Crippen LogP) is 4.12. The summed E-state index contributed by atoms with van der Waals surface area (Å²) in [5, 5.41) is 15.6. The van der Waals surface area contributed by atoms with Gasteiger partial charge in [0.2, 0.25) is 5.95 Å². The summed E-state index contributed by atoms with van der Waals surface area (Å²) < 4.78 is 18.9. The number of benzene rings is 1. The predicted molar refractivity (Wildman–Crippen MR) is 133 cm³/mol. The van der Waals surface area contributed by atoms with Gasteiger partial charge in [-0.25, -0.2) is 9.37 Å². The third-order valence-electron chi connectivity index (χ3n) is 5.69. The molecule has 9 heteroatoms. The van der Waals surface area contributed by atoms with Crippen molar-refractivity contribution in [3.8, 4) is 0 Å². The third kappa shape index (κ3) is 7.10. The highest BCUT2D eigenvalue weighted by atomic mass is 19.1. The first-order chi connectivity index (χ1) is 16.0. The van der Waals surface area contributed by atoms with E-state index in [9.17, 15) is 4.39 Å². The van der Waals surface area contributed by atoms with Gasteiger partial charge in [-0.3, -0.25) is 4.90 Å². The second-order valence-electron chi connectivity index (χ2n) is 8.18. The first-order valence-electron chi connectivity index (χ1n) is 11.8. The lowest BCUT2D eigenvalue weighted by molar-refractivity contribution is 0.158. The molecule has 0 atom stereocenters. The van der Waals surface area contributed by atoms with Gasteiger partial charge in [0.25, 0.3) is 0 Å². The van der Waals surface area contributed by atoms with E-state index in [0.717, 1.165) is 32.5 Å². The van der Waals surface area contributed by atoms with Crippen LogP contribution in [0.15, 0.2) is 24.3 Å². The van der Waals surface area contributed by atoms with Crippen molar-refractivity contribution < 1.29 is 9.13 Å². The Kier molecular flexibility index (Phi) is 9.38. The molecule has 2 aromatic rings. The number of rotatable bonds is 12. The number of hydrogen-bond donors (Lipinski definition) is 3. The number of hydrogen-bond acceptors (Lipinski definition) is 8. The Bertz CT molecular complexity index is 900. The summed E-state index contributed by atoms with van der Waals surface area (Å²) in [5.74, 6) is 0.798. The number of anilines is 4. The van der Waals surface area contributed by atoms with E-state index < -0.39 is 0 Å². The Labute approximate surface area is 196 Å². The van der Waals surface area contributed by atoms with Crippen LogP contribution in [0.2, 0.25) is 0 Å². The second-order valence-corrected chi connectivity index (χ2v) is 8.18. The van der Waals surface area contributed by atoms with Crippen molar-refractivity contribution in [2.75, 3.05) is 68.5 Å². The standard InChI is InChI=1S/C24H36FN7O/c1-4-31(3)24-29-21(20(26)17-32-14-7-6-8-15-32)22(27-13-16-33-5-2)23(30-24)28-19-11-9-18(25)10-12-19/h9-12,26-27H,4-8,13-17H2,1-3H3,(H,28,29,30). The van der Waals surface area contributed by atoms with Gasteiger partial charge in [0.15, 0.2) is 5.82 Å². The molecule has 0 bridgehead atoms. The average Bonchev–Trinajstić information content (AvgIpc) is 2.83. The Morgan fingerprint density at radius 2 is 1.88 bits per heavy atom. The van der Waals surface area contributed by atoms with Gasteiger partial charge in [0.1, 0.15) is 17.2 Å². The van der Waals surface area contributed by atoms with Crippen molar-refractivity contribution in [1.82, 2.24) is 14.9 Å². The highest BCUT2D eigenvalue weighted by molar-refractivity contribution is 6.05. The quantitative estimate of drug-likeness (QED) is 0.326. The summed E-state index contributed by atoms with van der Waals surface area (Å²) in [5.41, 5.74) is 2.40. The lowest BCUT2D eigenvalue weighted by Crippen LogP contribution is -2.35. The molecule has 1 aromatic carbocycles. The summed E-state index contributed by atoms with van der Waals surface area (Å²) in [6.07, 6.45) is 3.58. The van der Waals surface area contributed by atoms with Gasteiger partial charge in [-0.1, -0.05) is 6.42 Å². The van der Waals surface area contributed by atoms with Crippen LogP contribution in [0.5, 0.6) is 0 Å². The monoisotopic (exact) mass is 457 g/mol. The van der Waals surface area contributed by atoms with Crippen LogP contribution in [0.3, 0.4) is 0 Å². The van der Waals surface area contributed by atoms with E-state index in [4.69, 9.17) is 20.1 Å². The number of aromatic nitrogens is 2. The van der Waals surface area contributed by atoms with Crippen molar-refractivity contribution >= 4 is 28.9 Å². The van der Waals surface area contributed by atoms with Gasteiger partial charge < -0.3 is 25.7 Å². The van der Waals surface area contributed by atoms with Crippen LogP contribution in [0.4, 0.5) is 27.5 Å². The molecule has 33 heavy (non-hydrogen) atoms. The van der Waals surface area contributed by atoms with Crippen molar-refractivity contribution in [2.24, 2.45) is 0 Å². The topological polar surface area (TPSA) is 89.4 Å². The Hall–Kier alpha value is -2.78. The SMILES string of the molecule is CCOCCNc1c(Nc2ccc(F)cc2)nc(N(C)CC)nc1C(=N)CN1CCCCC1. The minimum atomic E-state index is -0.297. The van der Waals surface area contributed by atoms with Crippen LogP contribution in [0.25, 0.3) is 0 Å². The molecule has 180 valence electrons. The van der Waals surface area contributed by atoms with Gasteiger partial charge in [0.05, 0.1) is 12.3 Å². The zero-order valence-electron chi connectivity index (χ0n) is 20.0. The summed E-state index contributed by atoms with van der Waals surface area (Å²) in [6, 6.07) is 6.15. The minimum absolute atomic E-state index is 0.297. The number of likely N-dealkylation sites (tertiary alicyclic amines) is 1. The van der Waals surface area contributed by atoms with E-state index in [1.165, 1.54) is 18.6 Å². The Morgan fingerprint density at radius 3 is 2.55 bits per heavy atom. The maximum atomic E-state index is 13.4. The Morgan fingerprint density at radius 1 is 1.15 bits per heavy atom. The molecule has 8 nitrogen and oxygen atoms in total. The molecule has 0 aliphatic carbocycles. The van der Waals surface area contributed by atoms with Crippen molar-refractivity contribution in [3.05, 3.63) is 35.8 Å². The van der Waals surface area contributed by atoms with Gasteiger partial charge in [-0.05, 0) is 64.0 Å². The van der Waals surface area contributed by atoms with E-state index in [1.807, 2.05) is 25.8 Å². The molecule has 1 aliphatic rings. The fourth-order valence-corrected chi connectivity index (χ4v) is 3.72. The normalized spacial score (nSPS) is 14.2. The van der Waals surface area contributed by atoms with Gasteiger partial charge in [0, 0.05) is 39.0 Å². The number of nitrogens with one attached hydrogen (secondary N) is 3. The molecule has 0 radical (unpaired) electrons. The number of ether oxygens (including phenoxy) is 1. The summed E-state index contributed by atoms with van der Waals surface area (Å²) in [6.45, 7) is 8.99. The maximum absolute atomic E-state index is 13.4. The summed E-state index contributed by atoms with van der Waals surface area (Å²) in [7, 11) is 1.93. The molecular weight excluding hydrogens is 421 g/mol. The molecule has 1 fully saturated rings. The molecule has 3 N–H and O–H groups in total. The molecule has 0 amide bonds. The van der Waals surface area contributed by atoms with Crippen molar-refractivity contribution in [1.29, 1.82) is 5.41 Å². The van der Waals surface area contributed by atoms with Crippen molar-refractivity contribution in [2.45, 2.75) is 33.1 Å². The molecule has 1 aliphatic heterocycles. The van der Waals surface area contributed by atoms with Crippen LogP contribution in [0.1, 0.15) is 38.8 Å². The smallest absolute Gasteiger partial charge is 0.227 e. The highest BCUT2D eigenvalue weighted by Crippen LogP contribution is 2.29. The third-order valence-corrected chi connectivity index (χ3v) is 5.69. The van der Waals surface area contributed by atoms with Crippen LogP contribution < -0.4 is 15.5 Å². The summed E-state index contributed by atoms with van der Waals surface area (Å²) >= 11 is 0. The second kappa shape index (κ2) is 12.5. The zero-order valence-corrected chi connectivity index (χ0v) is 20.0. The highest BCUT2D eigenvalue weighted by Gasteiger charge is 2.22. The lowest BCUT2D eigenvalue weighted by Gasteiger charge is -2.27. The first kappa shape index (κ1) is 24.9. The first-order valence-corrected chi connectivity index (χ1v) is 11.8. The molecule has 2 heterocycles. The van der Waals surface area contributed by atoms with Crippen LogP contribution in [-0.4, -0.2) is 73.6 Å². The molecule has 3 rings (SSSR count). The Balaban J connectivity index is 1.97. The zero-order chi connectivity index (χ0) is 23.6. The lowest BCUT2D eigenvalue weighted by atomic mass is 10.1.